The first-order valence-corrected chi connectivity index (χ1v) is 8.57. The summed E-state index contributed by atoms with van der Waals surface area (Å²) in [5.74, 6) is -1.28. The molecule has 0 saturated carbocycles. The average molecular weight is 366 g/mol. The SMILES string of the molecule is O=C(O)CN(c1cccc(Cl)c1)S(=O)(=O)c1ccc(Cl)s1. The smallest absolute Gasteiger partial charge is 0.324 e. The molecular weight excluding hydrogens is 357 g/mol. The van der Waals surface area contributed by atoms with Gasteiger partial charge in [0.25, 0.3) is 10.0 Å². The highest BCUT2D eigenvalue weighted by Gasteiger charge is 2.28. The Kier molecular flexibility index (Phi) is 4.77. The van der Waals surface area contributed by atoms with Crippen molar-refractivity contribution >= 4 is 56.2 Å². The lowest BCUT2D eigenvalue weighted by molar-refractivity contribution is -0.135. The van der Waals surface area contributed by atoms with Gasteiger partial charge >= 0.3 is 5.97 Å². The second-order valence-electron chi connectivity index (χ2n) is 3.94. The molecule has 1 aromatic heterocycles. The molecule has 21 heavy (non-hydrogen) atoms. The number of benzene rings is 1. The number of sulfonamides is 1. The van der Waals surface area contributed by atoms with Crippen molar-refractivity contribution in [3.05, 3.63) is 45.8 Å². The highest BCUT2D eigenvalue weighted by Crippen LogP contribution is 2.31. The third-order valence-corrected chi connectivity index (χ3v) is 6.18. The number of carboxylic acids is 1. The fourth-order valence-corrected chi connectivity index (χ4v) is 4.80. The average Bonchev–Trinajstić information content (AvgIpc) is 2.83. The summed E-state index contributed by atoms with van der Waals surface area (Å²) in [6.07, 6.45) is 0. The van der Waals surface area contributed by atoms with Crippen LogP contribution >= 0.6 is 34.5 Å². The van der Waals surface area contributed by atoms with E-state index < -0.39 is 22.5 Å². The number of carbonyl (C=O) groups is 1. The standard InChI is InChI=1S/C12H9Cl2NO4S2/c13-8-2-1-3-9(6-8)15(7-11(16)17)21(18,19)12-5-4-10(14)20-12/h1-6H,7H2,(H,16,17). The van der Waals surface area contributed by atoms with Gasteiger partial charge in [-0.25, -0.2) is 8.42 Å². The zero-order valence-electron chi connectivity index (χ0n) is 10.4. The van der Waals surface area contributed by atoms with Crippen LogP contribution in [-0.4, -0.2) is 26.0 Å². The maximum Gasteiger partial charge on any atom is 0.324 e. The van der Waals surface area contributed by atoms with Crippen LogP contribution < -0.4 is 4.31 Å². The monoisotopic (exact) mass is 365 g/mol. The first-order chi connectivity index (χ1) is 9.80. The van der Waals surface area contributed by atoms with Gasteiger partial charge in [-0.3, -0.25) is 9.10 Å². The number of thiophene rings is 1. The molecule has 2 rings (SSSR count). The second kappa shape index (κ2) is 6.23. The van der Waals surface area contributed by atoms with E-state index in [4.69, 9.17) is 28.3 Å². The second-order valence-corrected chi connectivity index (χ2v) is 8.18. The van der Waals surface area contributed by atoms with E-state index in [1.54, 1.807) is 12.1 Å². The van der Waals surface area contributed by atoms with Gasteiger partial charge in [0.2, 0.25) is 0 Å². The molecule has 1 N–H and O–H groups in total. The summed E-state index contributed by atoms with van der Waals surface area (Å²) in [6, 6.07) is 8.75. The fourth-order valence-electron chi connectivity index (χ4n) is 1.61. The Balaban J connectivity index is 2.52. The minimum absolute atomic E-state index is 0.0336. The van der Waals surface area contributed by atoms with Crippen molar-refractivity contribution in [1.82, 2.24) is 0 Å². The van der Waals surface area contributed by atoms with E-state index in [1.165, 1.54) is 24.3 Å². The summed E-state index contributed by atoms with van der Waals surface area (Å²) in [5, 5.41) is 9.28. The molecule has 0 unspecified atom stereocenters. The zero-order chi connectivity index (χ0) is 15.6. The summed E-state index contributed by atoms with van der Waals surface area (Å²) >= 11 is 12.4. The van der Waals surface area contributed by atoms with E-state index in [2.05, 4.69) is 0 Å². The fraction of sp³-hybridized carbons (Fsp3) is 0.0833. The molecule has 0 aliphatic rings. The topological polar surface area (TPSA) is 74.7 Å². The third-order valence-electron chi connectivity index (χ3n) is 2.47. The summed E-state index contributed by atoms with van der Waals surface area (Å²) in [7, 11) is -4.02. The maximum atomic E-state index is 12.6. The Morgan fingerprint density at radius 3 is 2.48 bits per heavy atom. The predicted molar refractivity (Wildman–Crippen MR) is 82.9 cm³/mol. The molecule has 0 atom stereocenters. The van der Waals surface area contributed by atoms with Crippen LogP contribution in [0.2, 0.25) is 9.36 Å². The number of halogens is 2. The molecule has 0 spiro atoms. The summed E-state index contributed by atoms with van der Waals surface area (Å²) in [4.78, 5) is 11.0. The quantitative estimate of drug-likeness (QED) is 0.881. The molecule has 2 aromatic rings. The lowest BCUT2D eigenvalue weighted by Crippen LogP contribution is -2.35. The van der Waals surface area contributed by atoms with Gasteiger partial charge in [0.05, 0.1) is 10.0 Å². The van der Waals surface area contributed by atoms with E-state index in [-0.39, 0.29) is 9.90 Å². The van der Waals surface area contributed by atoms with Crippen molar-refractivity contribution in [1.29, 1.82) is 0 Å². The molecule has 1 aromatic carbocycles. The minimum Gasteiger partial charge on any atom is -0.480 e. The molecule has 1 heterocycles. The molecule has 0 fully saturated rings. The molecular formula is C12H9Cl2NO4S2. The van der Waals surface area contributed by atoms with Crippen LogP contribution in [0, 0.1) is 0 Å². The molecule has 0 saturated heterocycles. The Morgan fingerprint density at radius 1 is 1.24 bits per heavy atom. The van der Waals surface area contributed by atoms with Crippen LogP contribution in [0.5, 0.6) is 0 Å². The van der Waals surface area contributed by atoms with E-state index in [0.29, 0.717) is 9.36 Å². The first-order valence-electron chi connectivity index (χ1n) is 5.56. The van der Waals surface area contributed by atoms with Gasteiger partial charge in [-0.1, -0.05) is 29.3 Å². The van der Waals surface area contributed by atoms with Crippen LogP contribution in [0.4, 0.5) is 5.69 Å². The summed E-state index contributed by atoms with van der Waals surface area (Å²) in [6.45, 7) is -0.710. The Labute approximate surface area is 135 Å². The molecule has 0 amide bonds. The number of anilines is 1. The van der Waals surface area contributed by atoms with Crippen molar-refractivity contribution in [2.45, 2.75) is 4.21 Å². The van der Waals surface area contributed by atoms with E-state index in [9.17, 15) is 13.2 Å². The minimum atomic E-state index is -4.02. The summed E-state index contributed by atoms with van der Waals surface area (Å²) < 4.78 is 26.2. The van der Waals surface area contributed by atoms with Gasteiger partial charge < -0.3 is 5.11 Å². The van der Waals surface area contributed by atoms with Crippen molar-refractivity contribution in [2.75, 3.05) is 10.8 Å². The van der Waals surface area contributed by atoms with Crippen LogP contribution in [0.3, 0.4) is 0 Å². The van der Waals surface area contributed by atoms with Crippen molar-refractivity contribution in [3.63, 3.8) is 0 Å². The molecule has 0 bridgehead atoms. The number of rotatable bonds is 5. The summed E-state index contributed by atoms with van der Waals surface area (Å²) in [5.41, 5.74) is 0.175. The Bertz CT molecular complexity index is 773. The van der Waals surface area contributed by atoms with Gasteiger partial charge in [0, 0.05) is 5.02 Å². The van der Waals surface area contributed by atoms with Crippen LogP contribution in [0.25, 0.3) is 0 Å². The number of aliphatic carboxylic acids is 1. The van der Waals surface area contributed by atoms with Crippen molar-refractivity contribution in [2.24, 2.45) is 0 Å². The molecule has 5 nitrogen and oxygen atoms in total. The van der Waals surface area contributed by atoms with Crippen LogP contribution in [-0.2, 0) is 14.8 Å². The maximum absolute atomic E-state index is 12.6. The van der Waals surface area contributed by atoms with Crippen LogP contribution in [0.15, 0.2) is 40.6 Å². The third kappa shape index (κ3) is 3.68. The van der Waals surface area contributed by atoms with E-state index in [0.717, 1.165) is 15.6 Å². The normalized spacial score (nSPS) is 11.3. The van der Waals surface area contributed by atoms with E-state index in [1.807, 2.05) is 0 Å². The Hall–Kier alpha value is -1.28. The molecule has 9 heteroatoms. The lowest BCUT2D eigenvalue weighted by Gasteiger charge is -2.21. The zero-order valence-corrected chi connectivity index (χ0v) is 13.5. The molecule has 0 radical (unpaired) electrons. The number of nitrogens with zero attached hydrogens (tertiary/aromatic N) is 1. The van der Waals surface area contributed by atoms with Gasteiger partial charge in [-0.05, 0) is 30.3 Å². The lowest BCUT2D eigenvalue weighted by atomic mass is 10.3. The van der Waals surface area contributed by atoms with Crippen molar-refractivity contribution < 1.29 is 18.3 Å². The molecule has 112 valence electrons. The Morgan fingerprint density at radius 2 is 1.95 bits per heavy atom. The van der Waals surface area contributed by atoms with Gasteiger partial charge in [-0.2, -0.15) is 0 Å². The number of hydrogen-bond donors (Lipinski definition) is 1. The molecule has 0 aliphatic heterocycles. The highest BCUT2D eigenvalue weighted by molar-refractivity contribution is 7.94. The van der Waals surface area contributed by atoms with Crippen LogP contribution in [0.1, 0.15) is 0 Å². The van der Waals surface area contributed by atoms with Gasteiger partial charge in [0.1, 0.15) is 10.8 Å². The number of hydrogen-bond acceptors (Lipinski definition) is 4. The first kappa shape index (κ1) is 16.1. The highest BCUT2D eigenvalue weighted by atomic mass is 35.5. The van der Waals surface area contributed by atoms with Gasteiger partial charge in [-0.15, -0.1) is 11.3 Å². The van der Waals surface area contributed by atoms with Gasteiger partial charge in [0.15, 0.2) is 0 Å². The predicted octanol–water partition coefficient (Wildman–Crippen LogP) is 3.33. The number of carboxylic acid groups (broad SMARTS) is 1. The van der Waals surface area contributed by atoms with Crippen molar-refractivity contribution in [3.8, 4) is 0 Å². The largest absolute Gasteiger partial charge is 0.480 e. The van der Waals surface area contributed by atoms with E-state index >= 15 is 0 Å². The molecule has 0 aliphatic carbocycles.